The largest absolute Gasteiger partial charge is 0.396 e. The number of hydrogen-bond acceptors (Lipinski definition) is 6. The van der Waals surface area contributed by atoms with E-state index in [0.29, 0.717) is 23.7 Å². The number of rotatable bonds is 11. The number of nitrogens with two attached hydrogens (primary N) is 2. The summed E-state index contributed by atoms with van der Waals surface area (Å²) in [5.74, 6) is 7.39. The minimum atomic E-state index is -0.762. The lowest BCUT2D eigenvalue weighted by Gasteiger charge is -2.38. The van der Waals surface area contributed by atoms with Crippen LogP contribution in [0.5, 0.6) is 0 Å². The molecule has 0 radical (unpaired) electrons. The van der Waals surface area contributed by atoms with E-state index >= 15 is 0 Å². The first-order chi connectivity index (χ1) is 20.0. The fourth-order valence-corrected chi connectivity index (χ4v) is 5.64. The minimum Gasteiger partial charge on any atom is -0.396 e. The van der Waals surface area contributed by atoms with Gasteiger partial charge in [0.1, 0.15) is 11.4 Å². The molecule has 0 spiro atoms. The monoisotopic (exact) mass is 543 g/mol. The van der Waals surface area contributed by atoms with Crippen LogP contribution in [0.15, 0.2) is 127 Å². The van der Waals surface area contributed by atoms with Gasteiger partial charge in [-0.2, -0.15) is 0 Å². The zero-order valence-electron chi connectivity index (χ0n) is 23.3. The molecule has 1 unspecified atom stereocenters. The second-order valence-corrected chi connectivity index (χ2v) is 10.2. The van der Waals surface area contributed by atoms with Gasteiger partial charge in [0.05, 0.1) is 5.69 Å². The molecule has 5 rings (SSSR count). The molecule has 0 aliphatic carbocycles. The predicted octanol–water partition coefficient (Wildman–Crippen LogP) is 6.28. The van der Waals surface area contributed by atoms with Gasteiger partial charge in [-0.3, -0.25) is 5.01 Å². The fourth-order valence-electron chi connectivity index (χ4n) is 5.64. The summed E-state index contributed by atoms with van der Waals surface area (Å²) in [6, 6.07) is 43.5. The molecule has 0 saturated heterocycles. The highest BCUT2D eigenvalue weighted by Crippen LogP contribution is 2.42. The molecule has 1 heterocycles. The van der Waals surface area contributed by atoms with Crippen molar-refractivity contribution in [2.45, 2.75) is 24.3 Å². The van der Waals surface area contributed by atoms with Crippen LogP contribution in [0.4, 0.5) is 17.3 Å². The molecule has 0 aliphatic rings. The summed E-state index contributed by atoms with van der Waals surface area (Å²) in [4.78, 5) is 4.97. The number of anilines is 3. The lowest BCUT2D eigenvalue weighted by atomic mass is 9.77. The number of aromatic nitrogens is 1. The summed E-state index contributed by atoms with van der Waals surface area (Å²) in [7, 11) is 1.75. The number of aliphatic hydroxyl groups excluding tert-OH is 1. The van der Waals surface area contributed by atoms with Crippen LogP contribution < -0.4 is 21.9 Å². The van der Waals surface area contributed by atoms with E-state index in [1.807, 2.05) is 42.5 Å². The molecule has 0 fully saturated rings. The van der Waals surface area contributed by atoms with E-state index in [2.05, 4.69) is 90.2 Å². The van der Waals surface area contributed by atoms with Gasteiger partial charge >= 0.3 is 0 Å². The number of pyridine rings is 1. The molecule has 41 heavy (non-hydrogen) atoms. The van der Waals surface area contributed by atoms with Gasteiger partial charge < -0.3 is 16.2 Å². The second kappa shape index (κ2) is 12.7. The molecule has 5 aromatic rings. The highest BCUT2D eigenvalue weighted by Gasteiger charge is 2.37. The van der Waals surface area contributed by atoms with Crippen molar-refractivity contribution in [1.29, 1.82) is 0 Å². The van der Waals surface area contributed by atoms with E-state index in [9.17, 15) is 5.11 Å². The summed E-state index contributed by atoms with van der Waals surface area (Å²) in [5.41, 5.74) is 11.8. The van der Waals surface area contributed by atoms with Crippen LogP contribution in [0.2, 0.25) is 0 Å². The normalized spacial score (nSPS) is 12.1. The molecule has 0 amide bonds. The van der Waals surface area contributed by atoms with Crippen LogP contribution in [0, 0.1) is 0 Å². The Labute approximate surface area is 242 Å². The Bertz CT molecular complexity index is 1430. The number of nitrogen functional groups attached to an aromatic ring is 1. The van der Waals surface area contributed by atoms with E-state index in [-0.39, 0.29) is 12.5 Å². The van der Waals surface area contributed by atoms with Crippen LogP contribution in [0.3, 0.4) is 0 Å². The van der Waals surface area contributed by atoms with Gasteiger partial charge in [0.15, 0.2) is 5.82 Å². The SMILES string of the molecule is CN(N)c1nc(NC(c2ccccc2)(c2ccccc2)c2ccccc2)cc(C(CCCO)c2ccccc2)c1N. The van der Waals surface area contributed by atoms with Crippen molar-refractivity contribution < 1.29 is 5.11 Å². The summed E-state index contributed by atoms with van der Waals surface area (Å²) < 4.78 is 0. The Morgan fingerprint density at radius 1 is 0.780 bits per heavy atom. The van der Waals surface area contributed by atoms with Gasteiger partial charge in [-0.15, -0.1) is 0 Å². The number of hydrazine groups is 1. The summed E-state index contributed by atoms with van der Waals surface area (Å²) >= 11 is 0. The van der Waals surface area contributed by atoms with Crippen LogP contribution >= 0.6 is 0 Å². The Morgan fingerprint density at radius 3 is 1.68 bits per heavy atom. The van der Waals surface area contributed by atoms with Crippen molar-refractivity contribution in [3.05, 3.63) is 155 Å². The Kier molecular flexibility index (Phi) is 8.63. The number of nitrogens with zero attached hydrogens (tertiary/aromatic N) is 2. The zero-order valence-corrected chi connectivity index (χ0v) is 23.3. The molecule has 208 valence electrons. The van der Waals surface area contributed by atoms with Gasteiger partial charge in [-0.25, -0.2) is 10.8 Å². The summed E-state index contributed by atoms with van der Waals surface area (Å²) in [6.45, 7) is 0.0994. The first kappa shape index (κ1) is 27.9. The first-order valence-electron chi connectivity index (χ1n) is 13.9. The third-order valence-electron chi connectivity index (χ3n) is 7.57. The molecule has 4 aromatic carbocycles. The molecule has 6 nitrogen and oxygen atoms in total. The van der Waals surface area contributed by atoms with Crippen molar-refractivity contribution in [3.8, 4) is 0 Å². The topological polar surface area (TPSA) is 100 Å². The number of benzene rings is 4. The van der Waals surface area contributed by atoms with Crippen molar-refractivity contribution in [3.63, 3.8) is 0 Å². The summed E-state index contributed by atoms with van der Waals surface area (Å²) in [5, 5.41) is 15.1. The standard InChI is InChI=1S/C35H37N5O/c1-40(37)34-33(36)31(30(23-14-24-41)26-15-6-2-7-16-26)25-32(38-34)39-35(27-17-8-3-9-18-27,28-19-10-4-11-20-28)29-21-12-5-13-22-29/h2-13,15-22,25,30,41H,14,23-24,36-37H2,1H3,(H,38,39). The Balaban J connectivity index is 1.75. The number of aliphatic hydroxyl groups is 1. The van der Waals surface area contributed by atoms with Crippen LogP contribution in [0.25, 0.3) is 0 Å². The molecule has 6 heteroatoms. The highest BCUT2D eigenvalue weighted by molar-refractivity contribution is 5.72. The quantitative estimate of drug-likeness (QED) is 0.0889. The molecule has 1 aromatic heterocycles. The molecule has 1 atom stereocenters. The molecular weight excluding hydrogens is 506 g/mol. The van der Waals surface area contributed by atoms with Gasteiger partial charge in [0.25, 0.3) is 0 Å². The van der Waals surface area contributed by atoms with E-state index < -0.39 is 5.54 Å². The van der Waals surface area contributed by atoms with Crippen LogP contribution in [0.1, 0.15) is 46.6 Å². The van der Waals surface area contributed by atoms with Gasteiger partial charge in [-0.1, -0.05) is 121 Å². The minimum absolute atomic E-state index is 0.0508. The lowest BCUT2D eigenvalue weighted by Crippen LogP contribution is -2.39. The van der Waals surface area contributed by atoms with Crippen molar-refractivity contribution in [2.75, 3.05) is 29.7 Å². The first-order valence-corrected chi connectivity index (χ1v) is 13.9. The van der Waals surface area contributed by atoms with Gasteiger partial charge in [0.2, 0.25) is 0 Å². The predicted molar refractivity (Wildman–Crippen MR) is 169 cm³/mol. The average molecular weight is 544 g/mol. The van der Waals surface area contributed by atoms with Crippen molar-refractivity contribution >= 4 is 17.3 Å². The Hall–Kier alpha value is -4.65. The second-order valence-electron chi connectivity index (χ2n) is 10.2. The lowest BCUT2D eigenvalue weighted by molar-refractivity contribution is 0.282. The maximum Gasteiger partial charge on any atom is 0.168 e. The third-order valence-corrected chi connectivity index (χ3v) is 7.57. The molecule has 0 saturated carbocycles. The molecule has 0 aliphatic heterocycles. The van der Waals surface area contributed by atoms with E-state index in [0.717, 1.165) is 34.2 Å². The average Bonchev–Trinajstić information content (AvgIpc) is 3.03. The fraction of sp³-hybridized carbons (Fsp3) is 0.171. The third kappa shape index (κ3) is 5.80. The van der Waals surface area contributed by atoms with E-state index in [4.69, 9.17) is 16.6 Å². The van der Waals surface area contributed by atoms with Crippen molar-refractivity contribution in [1.82, 2.24) is 4.98 Å². The Morgan fingerprint density at radius 2 is 1.24 bits per heavy atom. The zero-order chi connectivity index (χ0) is 28.7. The maximum absolute atomic E-state index is 9.72. The smallest absolute Gasteiger partial charge is 0.168 e. The molecule has 6 N–H and O–H groups in total. The van der Waals surface area contributed by atoms with Gasteiger partial charge in [0, 0.05) is 19.6 Å². The van der Waals surface area contributed by atoms with Gasteiger partial charge in [-0.05, 0) is 46.7 Å². The number of hydrogen-bond donors (Lipinski definition) is 4. The summed E-state index contributed by atoms with van der Waals surface area (Å²) in [6.07, 6.45) is 1.36. The number of nitrogens with one attached hydrogen (secondary N) is 1. The van der Waals surface area contributed by atoms with E-state index in [1.165, 1.54) is 5.01 Å². The van der Waals surface area contributed by atoms with Crippen molar-refractivity contribution in [2.24, 2.45) is 5.84 Å². The molecule has 0 bridgehead atoms. The van der Waals surface area contributed by atoms with Crippen LogP contribution in [-0.4, -0.2) is 23.7 Å². The van der Waals surface area contributed by atoms with Crippen LogP contribution in [-0.2, 0) is 5.54 Å². The highest BCUT2D eigenvalue weighted by atomic mass is 16.2. The van der Waals surface area contributed by atoms with E-state index in [1.54, 1.807) is 7.05 Å². The maximum atomic E-state index is 9.72. The molecular formula is C35H37N5O.